The quantitative estimate of drug-likeness (QED) is 0.573. The van der Waals surface area contributed by atoms with Gasteiger partial charge in [0.15, 0.2) is 0 Å². The van der Waals surface area contributed by atoms with Crippen molar-refractivity contribution in [2.45, 2.75) is 13.0 Å². The molecule has 0 saturated heterocycles. The molecule has 0 fully saturated rings. The van der Waals surface area contributed by atoms with Gasteiger partial charge in [0, 0.05) is 0 Å². The van der Waals surface area contributed by atoms with Gasteiger partial charge in [0.25, 0.3) is 0 Å². The minimum atomic E-state index is 0. The zero-order valence-corrected chi connectivity index (χ0v) is 9.41. The van der Waals surface area contributed by atoms with Gasteiger partial charge in [-0.15, -0.1) is 0 Å². The first-order chi connectivity index (χ1) is 5.99. The van der Waals surface area contributed by atoms with Gasteiger partial charge in [-0.05, 0) is 12.5 Å². The van der Waals surface area contributed by atoms with Crippen LogP contribution in [-0.2, 0) is 0 Å². The normalized spacial score (nSPS) is 13.1. The molecule has 0 amide bonds. The van der Waals surface area contributed by atoms with Crippen LogP contribution in [0.15, 0.2) is 30.3 Å². The number of quaternary nitrogens is 1. The summed E-state index contributed by atoms with van der Waals surface area (Å²) in [7, 11) is 6.37. The second-order valence-corrected chi connectivity index (χ2v) is 4.27. The highest BCUT2D eigenvalue weighted by molar-refractivity contribution is 5.17. The smallest absolute Gasteiger partial charge is 0.0853 e. The van der Waals surface area contributed by atoms with Gasteiger partial charge in [-0.2, -0.15) is 5.43 Å². The summed E-state index contributed by atoms with van der Waals surface area (Å²) in [4.78, 5) is 0. The largest absolute Gasteiger partial charge is 0.412 e. The van der Waals surface area contributed by atoms with Crippen molar-refractivity contribution in [2.24, 2.45) is 0 Å². The molecule has 14 heavy (non-hydrogen) atoms. The Labute approximate surface area is 86.2 Å². The Kier molecular flexibility index (Phi) is 4.77. The standard InChI is InChI=1S/C11H19N2.H2O/c1-10(12-13(2,3)4)11-8-6-5-7-9-11;/h5-10,12H,1-4H3;1H2/q+1;. The van der Waals surface area contributed by atoms with Gasteiger partial charge in [0.05, 0.1) is 27.2 Å². The average Bonchev–Trinajstić information content (AvgIpc) is 2.03. The molecule has 1 unspecified atom stereocenters. The number of hydrogen-bond donors (Lipinski definition) is 1. The molecule has 0 bridgehead atoms. The van der Waals surface area contributed by atoms with E-state index in [0.717, 1.165) is 4.59 Å². The van der Waals surface area contributed by atoms with Crippen LogP contribution in [0.1, 0.15) is 18.5 Å². The highest BCUT2D eigenvalue weighted by atomic mass is 16.0. The van der Waals surface area contributed by atoms with E-state index in [2.05, 4.69) is 57.8 Å². The highest BCUT2D eigenvalue weighted by Crippen LogP contribution is 2.11. The summed E-state index contributed by atoms with van der Waals surface area (Å²) in [5, 5.41) is 0. The lowest BCUT2D eigenvalue weighted by Crippen LogP contribution is -2.48. The van der Waals surface area contributed by atoms with Crippen LogP contribution >= 0.6 is 0 Å². The van der Waals surface area contributed by atoms with Crippen molar-refractivity contribution in [3.8, 4) is 0 Å². The fraction of sp³-hybridized carbons (Fsp3) is 0.455. The van der Waals surface area contributed by atoms with Crippen molar-refractivity contribution in [1.29, 1.82) is 0 Å². The molecule has 0 spiro atoms. The molecular weight excluding hydrogens is 176 g/mol. The Morgan fingerprint density at radius 3 is 2.00 bits per heavy atom. The molecule has 1 atom stereocenters. The second-order valence-electron chi connectivity index (χ2n) is 4.27. The zero-order chi connectivity index (χ0) is 9.90. The molecule has 1 aromatic rings. The van der Waals surface area contributed by atoms with Crippen molar-refractivity contribution in [2.75, 3.05) is 21.1 Å². The van der Waals surface area contributed by atoms with Crippen LogP contribution in [0.2, 0.25) is 0 Å². The molecular formula is C11H21N2O+. The first kappa shape index (κ1) is 13.1. The maximum atomic E-state index is 3.47. The van der Waals surface area contributed by atoms with Crippen molar-refractivity contribution >= 4 is 0 Å². The van der Waals surface area contributed by atoms with Crippen molar-refractivity contribution in [3.05, 3.63) is 35.9 Å². The topological polar surface area (TPSA) is 43.5 Å². The third-order valence-electron chi connectivity index (χ3n) is 1.88. The van der Waals surface area contributed by atoms with Crippen LogP contribution in [0.4, 0.5) is 0 Å². The number of nitrogens with one attached hydrogen (secondary N) is 1. The molecule has 0 radical (unpaired) electrons. The van der Waals surface area contributed by atoms with Gasteiger partial charge in [0.2, 0.25) is 0 Å². The lowest BCUT2D eigenvalue weighted by Gasteiger charge is -2.28. The summed E-state index contributed by atoms with van der Waals surface area (Å²) in [6.07, 6.45) is 0. The summed E-state index contributed by atoms with van der Waals surface area (Å²) >= 11 is 0. The highest BCUT2D eigenvalue weighted by Gasteiger charge is 2.13. The fourth-order valence-corrected chi connectivity index (χ4v) is 1.40. The number of benzene rings is 1. The summed E-state index contributed by atoms with van der Waals surface area (Å²) in [5.41, 5.74) is 4.80. The molecule has 0 aromatic heterocycles. The number of nitrogens with zero attached hydrogens (tertiary/aromatic N) is 1. The predicted octanol–water partition coefficient (Wildman–Crippen LogP) is 1.13. The van der Waals surface area contributed by atoms with Crippen LogP contribution in [0.3, 0.4) is 0 Å². The molecule has 1 rings (SSSR count). The van der Waals surface area contributed by atoms with Crippen molar-refractivity contribution in [3.63, 3.8) is 0 Å². The SMILES string of the molecule is CC(N[N+](C)(C)C)c1ccccc1.O. The van der Waals surface area contributed by atoms with E-state index in [0.29, 0.717) is 6.04 Å². The van der Waals surface area contributed by atoms with E-state index in [1.807, 2.05) is 6.07 Å². The Morgan fingerprint density at radius 1 is 1.07 bits per heavy atom. The van der Waals surface area contributed by atoms with E-state index in [1.165, 1.54) is 5.56 Å². The second kappa shape index (κ2) is 5.10. The molecule has 0 aliphatic carbocycles. The summed E-state index contributed by atoms with van der Waals surface area (Å²) in [6, 6.07) is 10.9. The van der Waals surface area contributed by atoms with Gasteiger partial charge in [-0.3, -0.25) is 4.59 Å². The Hall–Kier alpha value is -0.900. The van der Waals surface area contributed by atoms with Crippen molar-refractivity contribution in [1.82, 2.24) is 5.43 Å². The Balaban J connectivity index is 0.00000169. The lowest BCUT2D eigenvalue weighted by atomic mass is 10.1. The third-order valence-corrected chi connectivity index (χ3v) is 1.88. The van der Waals surface area contributed by atoms with E-state index >= 15 is 0 Å². The molecule has 3 N–H and O–H groups in total. The molecule has 1 aromatic carbocycles. The van der Waals surface area contributed by atoms with Gasteiger partial charge >= 0.3 is 0 Å². The van der Waals surface area contributed by atoms with Gasteiger partial charge < -0.3 is 5.48 Å². The van der Waals surface area contributed by atoms with Crippen LogP contribution < -0.4 is 5.43 Å². The molecule has 3 nitrogen and oxygen atoms in total. The molecule has 0 aliphatic rings. The van der Waals surface area contributed by atoms with Crippen LogP contribution in [0.25, 0.3) is 0 Å². The number of hydrogen-bond acceptors (Lipinski definition) is 1. The fourth-order valence-electron chi connectivity index (χ4n) is 1.40. The predicted molar refractivity (Wildman–Crippen MR) is 59.6 cm³/mol. The molecule has 0 heterocycles. The molecule has 80 valence electrons. The van der Waals surface area contributed by atoms with Crippen LogP contribution in [0.5, 0.6) is 0 Å². The molecule has 0 saturated carbocycles. The van der Waals surface area contributed by atoms with Gasteiger partial charge in [-0.1, -0.05) is 30.3 Å². The van der Waals surface area contributed by atoms with E-state index in [9.17, 15) is 0 Å². The molecule has 3 heteroatoms. The average molecular weight is 197 g/mol. The Bertz CT molecular complexity index is 254. The minimum absolute atomic E-state index is 0. The van der Waals surface area contributed by atoms with Crippen LogP contribution in [0, 0.1) is 0 Å². The van der Waals surface area contributed by atoms with E-state index in [4.69, 9.17) is 0 Å². The number of rotatable bonds is 3. The van der Waals surface area contributed by atoms with Gasteiger partial charge in [0.1, 0.15) is 0 Å². The van der Waals surface area contributed by atoms with E-state index in [1.54, 1.807) is 0 Å². The van der Waals surface area contributed by atoms with Gasteiger partial charge in [-0.25, -0.2) is 0 Å². The van der Waals surface area contributed by atoms with Crippen molar-refractivity contribution < 1.29 is 10.1 Å². The molecule has 0 aliphatic heterocycles. The van der Waals surface area contributed by atoms with E-state index < -0.39 is 0 Å². The first-order valence-electron chi connectivity index (χ1n) is 4.63. The minimum Gasteiger partial charge on any atom is -0.412 e. The maximum absolute atomic E-state index is 3.47. The summed E-state index contributed by atoms with van der Waals surface area (Å²) in [6.45, 7) is 2.18. The Morgan fingerprint density at radius 2 is 1.57 bits per heavy atom. The summed E-state index contributed by atoms with van der Waals surface area (Å²) in [5.74, 6) is 0. The lowest BCUT2D eigenvalue weighted by molar-refractivity contribution is -0.919. The third kappa shape index (κ3) is 4.37. The maximum Gasteiger partial charge on any atom is 0.0853 e. The van der Waals surface area contributed by atoms with E-state index in [-0.39, 0.29) is 5.48 Å². The summed E-state index contributed by atoms with van der Waals surface area (Å²) < 4.78 is 0.774. The zero-order valence-electron chi connectivity index (χ0n) is 9.41. The van der Waals surface area contributed by atoms with Crippen LogP contribution in [-0.4, -0.2) is 31.2 Å². The first-order valence-corrected chi connectivity index (χ1v) is 4.63. The monoisotopic (exact) mass is 197 g/mol.